The Kier molecular flexibility index (Phi) is 5.03. The van der Waals surface area contributed by atoms with Gasteiger partial charge in [-0.1, -0.05) is 0 Å². The van der Waals surface area contributed by atoms with E-state index in [2.05, 4.69) is 0 Å². The number of nitrogens with zero attached hydrogens (tertiary/aromatic N) is 1. The Bertz CT molecular complexity index is 401. The first kappa shape index (κ1) is 15.3. The maximum Gasteiger partial charge on any atom is 0.354 e. The molecule has 0 spiro atoms. The number of nitrogens with two attached hydrogens (primary N) is 1. The minimum Gasteiger partial charge on any atom is -0.464 e. The molecule has 0 radical (unpaired) electrons. The summed E-state index contributed by atoms with van der Waals surface area (Å²) in [5, 5.41) is -0.155. The van der Waals surface area contributed by atoms with Gasteiger partial charge in [-0.05, 0) is 5.57 Å². The lowest BCUT2D eigenvalue weighted by Crippen LogP contribution is -2.68. The number of carbonyl (C=O) groups excluding carboxylic acids is 2. The van der Waals surface area contributed by atoms with Crippen LogP contribution >= 0.6 is 24.2 Å². The molecule has 8 heteroatoms. The van der Waals surface area contributed by atoms with Crippen molar-refractivity contribution in [2.24, 2.45) is 5.73 Å². The molecule has 1 fully saturated rings. The summed E-state index contributed by atoms with van der Waals surface area (Å²) in [4.78, 5) is 24.8. The Labute approximate surface area is 115 Å². The molecule has 0 saturated carbocycles. The van der Waals surface area contributed by atoms with Gasteiger partial charge in [0, 0.05) is 12.9 Å². The lowest BCUT2D eigenvalue weighted by Gasteiger charge is -2.48. The van der Waals surface area contributed by atoms with Crippen LogP contribution in [0.1, 0.15) is 0 Å². The van der Waals surface area contributed by atoms with Crippen molar-refractivity contribution in [3.8, 4) is 0 Å². The lowest BCUT2D eigenvalue weighted by atomic mass is 10.0. The van der Waals surface area contributed by atoms with E-state index in [1.165, 1.54) is 23.8 Å². The van der Waals surface area contributed by atoms with Crippen LogP contribution in [0.4, 0.5) is 0 Å². The fourth-order valence-electron chi connectivity index (χ4n) is 1.95. The van der Waals surface area contributed by atoms with Crippen LogP contribution in [0.25, 0.3) is 0 Å². The first-order valence-electron chi connectivity index (χ1n) is 5.11. The quantitative estimate of drug-likeness (QED) is 0.570. The van der Waals surface area contributed by atoms with Crippen molar-refractivity contribution in [3.63, 3.8) is 0 Å². The van der Waals surface area contributed by atoms with Crippen molar-refractivity contribution >= 4 is 36.0 Å². The molecule has 0 aliphatic carbocycles. The summed E-state index contributed by atoms with van der Waals surface area (Å²) in [7, 11) is 2.84. The van der Waals surface area contributed by atoms with Crippen molar-refractivity contribution in [2.45, 2.75) is 11.4 Å². The van der Waals surface area contributed by atoms with Gasteiger partial charge >= 0.3 is 5.97 Å². The van der Waals surface area contributed by atoms with E-state index in [1.54, 1.807) is 7.11 Å². The molecule has 1 saturated heterocycles. The van der Waals surface area contributed by atoms with Crippen molar-refractivity contribution in [2.75, 3.05) is 26.6 Å². The summed E-state index contributed by atoms with van der Waals surface area (Å²) >= 11 is 1.54. The van der Waals surface area contributed by atoms with Crippen molar-refractivity contribution in [3.05, 3.63) is 11.3 Å². The third kappa shape index (κ3) is 2.23. The standard InChI is InChI=1S/C10H14N2O4S.ClH/c1-15-3-5-4-17-9-6(11)8(13)12(9)7(5)10(14)16-2;/h6,9H,3-4,11H2,1-2H3;1H/t6-,9-;/m1./s1. The van der Waals surface area contributed by atoms with Crippen LogP contribution in [-0.2, 0) is 19.1 Å². The third-order valence-electron chi connectivity index (χ3n) is 2.79. The van der Waals surface area contributed by atoms with E-state index < -0.39 is 12.0 Å². The van der Waals surface area contributed by atoms with Crippen LogP contribution in [0.3, 0.4) is 0 Å². The van der Waals surface area contributed by atoms with Crippen LogP contribution in [0.5, 0.6) is 0 Å². The molecule has 2 atom stereocenters. The van der Waals surface area contributed by atoms with Gasteiger partial charge in [0.05, 0.1) is 13.7 Å². The van der Waals surface area contributed by atoms with Gasteiger partial charge < -0.3 is 15.2 Å². The fourth-order valence-corrected chi connectivity index (χ4v) is 3.22. The second-order valence-corrected chi connectivity index (χ2v) is 4.92. The molecule has 102 valence electrons. The highest BCUT2D eigenvalue weighted by molar-refractivity contribution is 8.00. The van der Waals surface area contributed by atoms with Crippen LogP contribution in [0.2, 0.25) is 0 Å². The molecule has 2 aliphatic rings. The van der Waals surface area contributed by atoms with Gasteiger partial charge in [-0.25, -0.2) is 4.79 Å². The monoisotopic (exact) mass is 294 g/mol. The Morgan fingerprint density at radius 3 is 2.78 bits per heavy atom. The Morgan fingerprint density at radius 2 is 2.22 bits per heavy atom. The Morgan fingerprint density at radius 1 is 1.56 bits per heavy atom. The zero-order chi connectivity index (χ0) is 12.6. The van der Waals surface area contributed by atoms with Gasteiger partial charge in [0.15, 0.2) is 0 Å². The maximum absolute atomic E-state index is 11.7. The molecule has 0 bridgehead atoms. The number of fused-ring (bicyclic) bond motifs is 1. The van der Waals surface area contributed by atoms with Crippen molar-refractivity contribution in [1.29, 1.82) is 0 Å². The molecule has 1 amide bonds. The SMILES string of the molecule is COCC1=C(C(=O)OC)N2C(=O)[C@@H](N)[C@H]2SC1.Cl. The van der Waals surface area contributed by atoms with Crippen LogP contribution in [0.15, 0.2) is 11.3 Å². The highest BCUT2D eigenvalue weighted by atomic mass is 35.5. The largest absolute Gasteiger partial charge is 0.464 e. The van der Waals surface area contributed by atoms with Crippen molar-refractivity contribution < 1.29 is 19.1 Å². The average Bonchev–Trinajstić information content (AvgIpc) is 2.36. The van der Waals surface area contributed by atoms with Crippen LogP contribution < -0.4 is 5.73 Å². The first-order chi connectivity index (χ1) is 8.11. The summed E-state index contributed by atoms with van der Waals surface area (Å²) in [5.41, 5.74) is 6.74. The van der Waals surface area contributed by atoms with Gasteiger partial charge in [0.25, 0.3) is 0 Å². The number of amides is 1. The number of thioether (sulfide) groups is 1. The highest BCUT2D eigenvalue weighted by Gasteiger charge is 2.51. The number of carbonyl (C=O) groups is 2. The van der Waals surface area contributed by atoms with Gasteiger partial charge in [-0.15, -0.1) is 24.2 Å². The number of ether oxygens (including phenoxy) is 2. The molecule has 2 rings (SSSR count). The maximum atomic E-state index is 11.7. The van der Waals surface area contributed by atoms with E-state index >= 15 is 0 Å². The lowest BCUT2D eigenvalue weighted by molar-refractivity contribution is -0.149. The average molecular weight is 295 g/mol. The molecule has 2 aliphatic heterocycles. The van der Waals surface area contributed by atoms with Gasteiger partial charge in [0.1, 0.15) is 17.1 Å². The molecule has 0 unspecified atom stereocenters. The Hall–Kier alpha value is -0.760. The van der Waals surface area contributed by atoms with E-state index in [4.69, 9.17) is 15.2 Å². The van der Waals surface area contributed by atoms with Crippen LogP contribution in [-0.4, -0.2) is 54.8 Å². The second-order valence-electron chi connectivity index (χ2n) is 3.81. The number of hydrogen-bond donors (Lipinski definition) is 1. The number of methoxy groups -OCH3 is 2. The predicted molar refractivity (Wildman–Crippen MR) is 69.2 cm³/mol. The highest BCUT2D eigenvalue weighted by Crippen LogP contribution is 2.39. The molecular formula is C10H15ClN2O4S. The smallest absolute Gasteiger partial charge is 0.354 e. The second kappa shape index (κ2) is 5.92. The molecule has 6 nitrogen and oxygen atoms in total. The van der Waals surface area contributed by atoms with Crippen molar-refractivity contribution in [1.82, 2.24) is 4.90 Å². The summed E-state index contributed by atoms with van der Waals surface area (Å²) in [6.07, 6.45) is 0. The normalized spacial score (nSPS) is 26.2. The van der Waals surface area contributed by atoms with E-state index in [1.807, 2.05) is 0 Å². The fraction of sp³-hybridized carbons (Fsp3) is 0.600. The van der Waals surface area contributed by atoms with Gasteiger partial charge in [-0.3, -0.25) is 9.69 Å². The third-order valence-corrected chi connectivity index (χ3v) is 4.15. The van der Waals surface area contributed by atoms with E-state index in [-0.39, 0.29) is 23.7 Å². The summed E-state index contributed by atoms with van der Waals surface area (Å²) < 4.78 is 9.73. The first-order valence-corrected chi connectivity index (χ1v) is 6.16. The Balaban J connectivity index is 0.00000162. The van der Waals surface area contributed by atoms with Gasteiger partial charge in [-0.2, -0.15) is 0 Å². The minimum absolute atomic E-state index is 0. The summed E-state index contributed by atoms with van der Waals surface area (Å²) in [5.74, 6) is -0.126. The molecular weight excluding hydrogens is 280 g/mol. The summed E-state index contributed by atoms with van der Waals surface area (Å²) in [6, 6.07) is -0.524. The van der Waals surface area contributed by atoms with E-state index in [0.717, 1.165) is 5.57 Å². The zero-order valence-corrected chi connectivity index (χ0v) is 11.7. The molecule has 0 aromatic rings. The van der Waals surface area contributed by atoms with E-state index in [9.17, 15) is 9.59 Å². The molecule has 0 aromatic heterocycles. The van der Waals surface area contributed by atoms with Gasteiger partial charge in [0.2, 0.25) is 5.91 Å². The topological polar surface area (TPSA) is 81.9 Å². The molecule has 2 N–H and O–H groups in total. The minimum atomic E-state index is -0.524. The number of hydrogen-bond acceptors (Lipinski definition) is 6. The van der Waals surface area contributed by atoms with Crippen LogP contribution in [0, 0.1) is 0 Å². The number of rotatable bonds is 3. The predicted octanol–water partition coefficient (Wildman–Crippen LogP) is -0.276. The number of β-lactam (4-membered cyclic amide) rings is 1. The molecule has 0 aromatic carbocycles. The molecule has 2 heterocycles. The van der Waals surface area contributed by atoms with E-state index in [0.29, 0.717) is 18.1 Å². The number of halogens is 1. The number of esters is 1. The zero-order valence-electron chi connectivity index (χ0n) is 10.0. The summed E-state index contributed by atoms with van der Waals surface area (Å²) in [6.45, 7) is 0.309. The molecule has 18 heavy (non-hydrogen) atoms.